The third kappa shape index (κ3) is 3.45. The molecule has 4 heterocycles. The molecular weight excluding hydrogens is 410 g/mol. The second-order valence-electron chi connectivity index (χ2n) is 10.1. The van der Waals surface area contributed by atoms with Gasteiger partial charge in [0.25, 0.3) is 0 Å². The van der Waals surface area contributed by atoms with Crippen LogP contribution < -0.4 is 5.32 Å². The van der Waals surface area contributed by atoms with Crippen LogP contribution in [0.1, 0.15) is 45.1 Å². The summed E-state index contributed by atoms with van der Waals surface area (Å²) in [5.74, 6) is -1.12. The van der Waals surface area contributed by atoms with E-state index in [9.17, 15) is 8.78 Å². The Morgan fingerprint density at radius 2 is 2.00 bits per heavy atom. The van der Waals surface area contributed by atoms with Crippen LogP contribution in [0.4, 0.5) is 20.5 Å². The SMILES string of the molecule is CC1=Nc2ncc(-c3ccn4nc(NCC5(C)CC5)ncc34)cc2C[C@@H]1C1CC(F)(F)C1. The molecule has 6 rings (SSSR count). The molecule has 2 aliphatic carbocycles. The summed E-state index contributed by atoms with van der Waals surface area (Å²) in [5.41, 5.74) is 5.18. The molecule has 2 saturated carbocycles. The molecule has 3 aromatic heterocycles. The summed E-state index contributed by atoms with van der Waals surface area (Å²) in [5, 5.41) is 7.94. The number of nitrogens with one attached hydrogen (secondary N) is 1. The average molecular weight is 437 g/mol. The van der Waals surface area contributed by atoms with Crippen molar-refractivity contribution in [2.75, 3.05) is 11.9 Å². The van der Waals surface area contributed by atoms with Crippen LogP contribution in [-0.2, 0) is 6.42 Å². The van der Waals surface area contributed by atoms with Gasteiger partial charge in [0.05, 0.1) is 11.7 Å². The molecule has 1 aliphatic heterocycles. The van der Waals surface area contributed by atoms with Crippen molar-refractivity contribution in [1.82, 2.24) is 19.6 Å². The second-order valence-corrected chi connectivity index (χ2v) is 10.1. The highest BCUT2D eigenvalue weighted by Crippen LogP contribution is 2.49. The minimum Gasteiger partial charge on any atom is -0.352 e. The van der Waals surface area contributed by atoms with E-state index in [1.165, 1.54) is 12.8 Å². The van der Waals surface area contributed by atoms with E-state index < -0.39 is 5.92 Å². The Kier molecular flexibility index (Phi) is 4.20. The average Bonchev–Trinajstić information content (AvgIpc) is 3.33. The summed E-state index contributed by atoms with van der Waals surface area (Å²) in [6, 6.07) is 4.11. The van der Waals surface area contributed by atoms with Gasteiger partial charge in [-0.25, -0.2) is 28.3 Å². The zero-order valence-corrected chi connectivity index (χ0v) is 18.3. The van der Waals surface area contributed by atoms with Gasteiger partial charge in [0, 0.05) is 54.5 Å². The topological polar surface area (TPSA) is 67.5 Å². The van der Waals surface area contributed by atoms with E-state index in [0.717, 1.165) is 34.5 Å². The summed E-state index contributed by atoms with van der Waals surface area (Å²) in [4.78, 5) is 13.7. The fourth-order valence-corrected chi connectivity index (χ4v) is 4.94. The molecule has 0 unspecified atom stereocenters. The van der Waals surface area contributed by atoms with Gasteiger partial charge in [-0.05, 0) is 55.2 Å². The Morgan fingerprint density at radius 3 is 2.75 bits per heavy atom. The number of rotatable bonds is 5. The van der Waals surface area contributed by atoms with Crippen molar-refractivity contribution < 1.29 is 8.78 Å². The maximum absolute atomic E-state index is 13.4. The van der Waals surface area contributed by atoms with Crippen LogP contribution >= 0.6 is 0 Å². The van der Waals surface area contributed by atoms with Crippen LogP contribution in [-0.4, -0.2) is 37.8 Å². The van der Waals surface area contributed by atoms with Crippen molar-refractivity contribution in [2.24, 2.45) is 22.2 Å². The van der Waals surface area contributed by atoms with Crippen molar-refractivity contribution >= 4 is 23.0 Å². The number of aromatic nitrogens is 4. The number of aliphatic imine (C=N–C) groups is 1. The number of fused-ring (bicyclic) bond motifs is 2. The van der Waals surface area contributed by atoms with Gasteiger partial charge in [0.1, 0.15) is 0 Å². The molecule has 0 spiro atoms. The number of halogens is 2. The molecule has 8 heteroatoms. The lowest BCUT2D eigenvalue weighted by molar-refractivity contribution is -0.118. The zero-order valence-electron chi connectivity index (χ0n) is 18.3. The van der Waals surface area contributed by atoms with E-state index in [1.807, 2.05) is 36.1 Å². The van der Waals surface area contributed by atoms with Crippen LogP contribution in [0.5, 0.6) is 0 Å². The quantitative estimate of drug-likeness (QED) is 0.588. The molecule has 0 aromatic carbocycles. The highest BCUT2D eigenvalue weighted by Gasteiger charge is 2.49. The van der Waals surface area contributed by atoms with Gasteiger partial charge in [0.2, 0.25) is 11.9 Å². The van der Waals surface area contributed by atoms with E-state index in [0.29, 0.717) is 23.6 Å². The third-order valence-corrected chi connectivity index (χ3v) is 7.40. The van der Waals surface area contributed by atoms with Crippen molar-refractivity contribution in [3.8, 4) is 11.1 Å². The van der Waals surface area contributed by atoms with Gasteiger partial charge in [0.15, 0.2) is 5.82 Å². The van der Waals surface area contributed by atoms with Crippen molar-refractivity contribution in [3.05, 3.63) is 36.3 Å². The Hall–Kier alpha value is -2.90. The van der Waals surface area contributed by atoms with Crippen molar-refractivity contribution in [1.29, 1.82) is 0 Å². The lowest BCUT2D eigenvalue weighted by Gasteiger charge is -2.41. The minimum atomic E-state index is -2.51. The van der Waals surface area contributed by atoms with Crippen LogP contribution in [0.25, 0.3) is 16.6 Å². The van der Waals surface area contributed by atoms with E-state index in [-0.39, 0.29) is 24.7 Å². The molecule has 3 aromatic rings. The lowest BCUT2D eigenvalue weighted by atomic mass is 9.69. The first-order chi connectivity index (χ1) is 15.3. The minimum absolute atomic E-state index is 0.00177. The number of hydrogen-bond acceptors (Lipinski definition) is 5. The first-order valence-electron chi connectivity index (χ1n) is 11.3. The maximum Gasteiger partial charge on any atom is 0.248 e. The Labute approximate surface area is 185 Å². The Balaban J connectivity index is 1.26. The fraction of sp³-hybridized carbons (Fsp3) is 0.500. The van der Waals surface area contributed by atoms with E-state index in [2.05, 4.69) is 38.4 Å². The summed E-state index contributed by atoms with van der Waals surface area (Å²) in [6.45, 7) is 5.09. The van der Waals surface area contributed by atoms with Gasteiger partial charge < -0.3 is 5.32 Å². The largest absolute Gasteiger partial charge is 0.352 e. The second kappa shape index (κ2) is 6.80. The number of alkyl halides is 2. The first kappa shape index (κ1) is 19.8. The van der Waals surface area contributed by atoms with Gasteiger partial charge in [-0.1, -0.05) is 6.92 Å². The summed E-state index contributed by atoms with van der Waals surface area (Å²) in [7, 11) is 0. The monoisotopic (exact) mass is 436 g/mol. The van der Waals surface area contributed by atoms with Crippen molar-refractivity contribution in [2.45, 2.75) is 51.9 Å². The summed E-state index contributed by atoms with van der Waals surface area (Å²) >= 11 is 0. The van der Waals surface area contributed by atoms with Crippen molar-refractivity contribution in [3.63, 3.8) is 0 Å². The zero-order chi connectivity index (χ0) is 22.1. The number of anilines is 1. The number of nitrogens with zero attached hydrogens (tertiary/aromatic N) is 5. The van der Waals surface area contributed by atoms with Crippen LogP contribution in [0.2, 0.25) is 0 Å². The standard InChI is InChI=1S/C24H26F2N6/c1-14-19(17-9-24(25,26)10-17)8-15-7-16(11-27-21(15)30-14)18-3-6-32-20(18)12-28-22(31-32)29-13-23(2)4-5-23/h3,6-7,11-12,17,19H,4-5,8-10,13H2,1-2H3,(H,29,31)/t19-/m0/s1. The third-order valence-electron chi connectivity index (χ3n) is 7.40. The summed E-state index contributed by atoms with van der Waals surface area (Å²) < 4.78 is 28.7. The molecule has 2 fully saturated rings. The number of pyridine rings is 1. The van der Waals surface area contributed by atoms with E-state index >= 15 is 0 Å². The fourth-order valence-electron chi connectivity index (χ4n) is 4.94. The summed E-state index contributed by atoms with van der Waals surface area (Å²) in [6.07, 6.45) is 8.71. The van der Waals surface area contributed by atoms with Crippen LogP contribution in [0, 0.1) is 17.3 Å². The molecular formula is C24H26F2N6. The van der Waals surface area contributed by atoms with Gasteiger partial charge >= 0.3 is 0 Å². The molecule has 0 bridgehead atoms. The smallest absolute Gasteiger partial charge is 0.248 e. The van der Waals surface area contributed by atoms with Gasteiger partial charge in [-0.15, -0.1) is 5.10 Å². The predicted octanol–water partition coefficient (Wildman–Crippen LogP) is 5.31. The van der Waals surface area contributed by atoms with Gasteiger partial charge in [-0.3, -0.25) is 0 Å². The molecule has 6 nitrogen and oxygen atoms in total. The Morgan fingerprint density at radius 1 is 1.19 bits per heavy atom. The van der Waals surface area contributed by atoms with Gasteiger partial charge in [-0.2, -0.15) is 0 Å². The maximum atomic E-state index is 13.4. The molecule has 3 aliphatic rings. The van der Waals surface area contributed by atoms with E-state index in [4.69, 9.17) is 0 Å². The molecule has 0 saturated heterocycles. The molecule has 0 amide bonds. The van der Waals surface area contributed by atoms with Crippen LogP contribution in [0.3, 0.4) is 0 Å². The molecule has 166 valence electrons. The Bertz CT molecular complexity index is 1230. The highest BCUT2D eigenvalue weighted by atomic mass is 19.3. The molecule has 1 atom stereocenters. The number of hydrogen-bond donors (Lipinski definition) is 1. The predicted molar refractivity (Wildman–Crippen MR) is 120 cm³/mol. The first-order valence-corrected chi connectivity index (χ1v) is 11.3. The van der Waals surface area contributed by atoms with E-state index in [1.54, 1.807) is 0 Å². The van der Waals surface area contributed by atoms with Crippen LogP contribution in [0.15, 0.2) is 35.7 Å². The molecule has 32 heavy (non-hydrogen) atoms. The molecule has 0 radical (unpaired) electrons. The lowest BCUT2D eigenvalue weighted by Crippen LogP contribution is -2.43. The molecule has 1 N–H and O–H groups in total. The highest BCUT2D eigenvalue weighted by molar-refractivity contribution is 5.90. The normalized spacial score (nSPS) is 23.4.